The van der Waals surface area contributed by atoms with Crippen molar-refractivity contribution >= 4 is 23.8 Å². The molecule has 0 spiro atoms. The minimum Gasteiger partial charge on any atom is -0.463 e. The van der Waals surface area contributed by atoms with Crippen molar-refractivity contribution < 1.29 is 14.3 Å². The third-order valence-electron chi connectivity index (χ3n) is 6.74. The monoisotopic (exact) mass is 502 g/mol. The lowest BCUT2D eigenvalue weighted by Crippen LogP contribution is -2.40. The van der Waals surface area contributed by atoms with E-state index < -0.39 is 5.92 Å². The summed E-state index contributed by atoms with van der Waals surface area (Å²) in [5, 5.41) is 17.9. The molecule has 7 nitrogen and oxygen atoms in total. The number of carbonyl (C=O) groups is 2. The Hall–Kier alpha value is -3.49. The Morgan fingerprint density at radius 3 is 2.19 bits per heavy atom. The number of nitriles is 2. The summed E-state index contributed by atoms with van der Waals surface area (Å²) in [6.07, 6.45) is 2.71. The number of esters is 1. The summed E-state index contributed by atoms with van der Waals surface area (Å²) in [5.74, 6) is -0.390. The first-order valence-electron chi connectivity index (χ1n) is 12.3. The average Bonchev–Trinajstić information content (AvgIpc) is 3.43. The van der Waals surface area contributed by atoms with E-state index >= 15 is 0 Å². The molecule has 2 aromatic carbocycles. The predicted octanol–water partition coefficient (Wildman–Crippen LogP) is 4.74. The average molecular weight is 503 g/mol. The van der Waals surface area contributed by atoms with Gasteiger partial charge in [0.1, 0.15) is 6.61 Å². The molecule has 2 aromatic rings. The highest BCUT2D eigenvalue weighted by Crippen LogP contribution is 2.42. The maximum absolute atomic E-state index is 13.6. The number of carbonyl (C=O) groups excluding carboxylic acids is 2. The molecule has 8 heteroatoms. The maximum Gasteiger partial charge on any atom is 0.321 e. The fourth-order valence-corrected chi connectivity index (χ4v) is 6.60. The standard InChI is InChI=1S/C28H30N4O3S/c29-15-23(16-30)19-35-26(33)14-8-7-13-25-27-24(20-36-25)31(17-21-9-3-1-4-10-21)28(34)32(27)18-22-11-5-2-6-12-22/h1-6,9-12,23-25,27H,7-8,13-14,17-20H2/t24-,25-,27-/m0/s1. The van der Waals surface area contributed by atoms with Gasteiger partial charge in [0, 0.05) is 30.5 Å². The molecule has 0 N–H and O–H groups in total. The van der Waals surface area contributed by atoms with Gasteiger partial charge in [-0.3, -0.25) is 4.79 Å². The Morgan fingerprint density at radius 2 is 1.58 bits per heavy atom. The van der Waals surface area contributed by atoms with E-state index in [1.54, 1.807) is 12.1 Å². The van der Waals surface area contributed by atoms with Gasteiger partial charge in [-0.2, -0.15) is 22.3 Å². The van der Waals surface area contributed by atoms with Crippen molar-refractivity contribution in [2.24, 2.45) is 5.92 Å². The fraction of sp³-hybridized carbons (Fsp3) is 0.429. The number of urea groups is 1. The molecule has 0 radical (unpaired) electrons. The normalized spacial score (nSPS) is 20.8. The van der Waals surface area contributed by atoms with Crippen molar-refractivity contribution in [2.75, 3.05) is 12.4 Å². The van der Waals surface area contributed by atoms with Crippen LogP contribution in [0.4, 0.5) is 4.79 Å². The van der Waals surface area contributed by atoms with Crippen LogP contribution in [0, 0.1) is 28.6 Å². The van der Waals surface area contributed by atoms with E-state index in [-0.39, 0.29) is 37.1 Å². The highest BCUT2D eigenvalue weighted by Gasteiger charge is 2.52. The second kappa shape index (κ2) is 12.5. The van der Waals surface area contributed by atoms with E-state index in [4.69, 9.17) is 15.3 Å². The van der Waals surface area contributed by atoms with Gasteiger partial charge in [-0.1, -0.05) is 67.1 Å². The van der Waals surface area contributed by atoms with Crippen LogP contribution in [0.5, 0.6) is 0 Å². The lowest BCUT2D eigenvalue weighted by molar-refractivity contribution is -0.144. The van der Waals surface area contributed by atoms with Crippen LogP contribution in [0.1, 0.15) is 36.8 Å². The second-order valence-corrected chi connectivity index (χ2v) is 10.5. The molecule has 0 saturated carbocycles. The third-order valence-corrected chi connectivity index (χ3v) is 8.22. The van der Waals surface area contributed by atoms with E-state index in [2.05, 4.69) is 24.3 Å². The molecular weight excluding hydrogens is 472 g/mol. The molecule has 3 atom stereocenters. The van der Waals surface area contributed by atoms with Crippen LogP contribution in [0.3, 0.4) is 0 Å². The van der Waals surface area contributed by atoms with Gasteiger partial charge in [0.25, 0.3) is 0 Å². The largest absolute Gasteiger partial charge is 0.463 e. The minimum atomic E-state index is -0.921. The number of amides is 2. The smallest absolute Gasteiger partial charge is 0.321 e. The Bertz CT molecular complexity index is 1100. The number of fused-ring (bicyclic) bond motifs is 1. The van der Waals surface area contributed by atoms with Crippen LogP contribution >= 0.6 is 11.8 Å². The van der Waals surface area contributed by atoms with Crippen molar-refractivity contribution in [1.29, 1.82) is 10.5 Å². The van der Waals surface area contributed by atoms with Gasteiger partial charge in [0.2, 0.25) is 0 Å². The number of nitrogens with zero attached hydrogens (tertiary/aromatic N) is 4. The van der Waals surface area contributed by atoms with Crippen molar-refractivity contribution in [3.05, 3.63) is 71.8 Å². The molecule has 2 saturated heterocycles. The maximum atomic E-state index is 13.6. The molecule has 2 heterocycles. The molecule has 186 valence electrons. The summed E-state index contributed by atoms with van der Waals surface area (Å²) in [6.45, 7) is 1.02. The number of rotatable bonds is 11. The number of hydrogen-bond acceptors (Lipinski definition) is 6. The Kier molecular flexibility index (Phi) is 8.86. The summed E-state index contributed by atoms with van der Waals surface area (Å²) in [7, 11) is 0. The van der Waals surface area contributed by atoms with Crippen LogP contribution in [0.2, 0.25) is 0 Å². The number of benzene rings is 2. The molecule has 2 amide bonds. The van der Waals surface area contributed by atoms with E-state index in [1.165, 1.54) is 0 Å². The Morgan fingerprint density at radius 1 is 0.972 bits per heavy atom. The number of ether oxygens (including phenoxy) is 1. The van der Waals surface area contributed by atoms with Crippen LogP contribution in [0.15, 0.2) is 60.7 Å². The molecule has 0 aliphatic carbocycles. The second-order valence-electron chi connectivity index (χ2n) is 9.18. The van der Waals surface area contributed by atoms with Crippen LogP contribution < -0.4 is 0 Å². The summed E-state index contributed by atoms with van der Waals surface area (Å²) >= 11 is 1.92. The first-order valence-corrected chi connectivity index (χ1v) is 13.4. The van der Waals surface area contributed by atoms with E-state index in [0.717, 1.165) is 29.7 Å². The molecule has 0 unspecified atom stereocenters. The molecule has 36 heavy (non-hydrogen) atoms. The lowest BCUT2D eigenvalue weighted by atomic mass is 10.0. The van der Waals surface area contributed by atoms with Crippen LogP contribution in [-0.4, -0.2) is 51.5 Å². The zero-order valence-corrected chi connectivity index (χ0v) is 21.0. The van der Waals surface area contributed by atoms with E-state index in [1.807, 2.05) is 58.0 Å². The number of thioether (sulfide) groups is 1. The van der Waals surface area contributed by atoms with Crippen molar-refractivity contribution in [3.8, 4) is 12.1 Å². The van der Waals surface area contributed by atoms with E-state index in [9.17, 15) is 9.59 Å². The van der Waals surface area contributed by atoms with Crippen LogP contribution in [0.25, 0.3) is 0 Å². The number of unbranched alkanes of at least 4 members (excludes halogenated alkanes) is 1. The molecule has 2 fully saturated rings. The zero-order valence-electron chi connectivity index (χ0n) is 20.2. The zero-order chi connectivity index (χ0) is 25.3. The SMILES string of the molecule is N#CC(C#N)COC(=O)CCCC[C@@H]1SC[C@H]2[C@@H]1N(Cc1ccccc1)C(=O)N2Cc1ccccc1. The lowest BCUT2D eigenvalue weighted by Gasteiger charge is -2.27. The summed E-state index contributed by atoms with van der Waals surface area (Å²) in [4.78, 5) is 29.7. The fourth-order valence-electron chi connectivity index (χ4n) is 4.92. The van der Waals surface area contributed by atoms with Gasteiger partial charge in [0.15, 0.2) is 5.92 Å². The molecule has 0 bridgehead atoms. The molecule has 2 aliphatic rings. The molecule has 0 aromatic heterocycles. The topological polar surface area (TPSA) is 97.4 Å². The minimum absolute atomic E-state index is 0.0936. The number of hydrogen-bond donors (Lipinski definition) is 0. The van der Waals surface area contributed by atoms with Gasteiger partial charge in [-0.25, -0.2) is 4.79 Å². The van der Waals surface area contributed by atoms with Gasteiger partial charge >= 0.3 is 12.0 Å². The Balaban J connectivity index is 1.37. The van der Waals surface area contributed by atoms with Crippen molar-refractivity contribution in [2.45, 2.75) is 56.1 Å². The Labute approximate surface area is 216 Å². The van der Waals surface area contributed by atoms with Gasteiger partial charge in [-0.15, -0.1) is 0 Å². The summed E-state index contributed by atoms with van der Waals surface area (Å²) < 4.78 is 5.05. The van der Waals surface area contributed by atoms with Crippen molar-refractivity contribution in [1.82, 2.24) is 9.80 Å². The first kappa shape index (κ1) is 25.6. The highest BCUT2D eigenvalue weighted by molar-refractivity contribution is 8.00. The molecule has 2 aliphatic heterocycles. The molecular formula is C28H30N4O3S. The van der Waals surface area contributed by atoms with Gasteiger partial charge < -0.3 is 14.5 Å². The van der Waals surface area contributed by atoms with Crippen LogP contribution in [-0.2, 0) is 22.6 Å². The van der Waals surface area contributed by atoms with E-state index in [0.29, 0.717) is 24.8 Å². The summed E-state index contributed by atoms with van der Waals surface area (Å²) in [5.41, 5.74) is 2.26. The van der Waals surface area contributed by atoms with Gasteiger partial charge in [-0.05, 0) is 24.0 Å². The third kappa shape index (κ3) is 6.19. The van der Waals surface area contributed by atoms with Gasteiger partial charge in [0.05, 0.1) is 24.2 Å². The molecule has 4 rings (SSSR count). The highest BCUT2D eigenvalue weighted by atomic mass is 32.2. The predicted molar refractivity (Wildman–Crippen MR) is 137 cm³/mol. The first-order chi connectivity index (χ1) is 17.6. The summed E-state index contributed by atoms with van der Waals surface area (Å²) in [6, 6.07) is 24.2. The van der Waals surface area contributed by atoms with Crippen molar-refractivity contribution in [3.63, 3.8) is 0 Å². The quantitative estimate of drug-likeness (QED) is 0.250.